The molecule has 3 aromatic rings. The first-order valence-corrected chi connectivity index (χ1v) is 12.7. The van der Waals surface area contributed by atoms with Crippen LogP contribution in [0.3, 0.4) is 0 Å². The third-order valence-electron chi connectivity index (χ3n) is 6.94. The van der Waals surface area contributed by atoms with E-state index in [1.54, 1.807) is 38.4 Å². The molecule has 0 radical (unpaired) electrons. The van der Waals surface area contributed by atoms with E-state index in [-0.39, 0.29) is 12.0 Å². The van der Waals surface area contributed by atoms with Gasteiger partial charge in [0.1, 0.15) is 5.82 Å². The number of aliphatic hydroxyl groups excluding tert-OH is 1. The second kappa shape index (κ2) is 10.4. The molecular formula is C28H31N7O3. The van der Waals surface area contributed by atoms with E-state index in [2.05, 4.69) is 26.3 Å². The van der Waals surface area contributed by atoms with Crippen molar-refractivity contribution in [2.45, 2.75) is 32.3 Å². The van der Waals surface area contributed by atoms with Crippen LogP contribution in [0.4, 0.5) is 17.3 Å². The van der Waals surface area contributed by atoms with Crippen molar-refractivity contribution in [3.8, 4) is 17.2 Å². The van der Waals surface area contributed by atoms with Gasteiger partial charge in [-0.3, -0.25) is 9.78 Å². The Labute approximate surface area is 221 Å². The summed E-state index contributed by atoms with van der Waals surface area (Å²) in [5.41, 5.74) is 3.34. The topological polar surface area (TPSA) is 127 Å². The van der Waals surface area contributed by atoms with Gasteiger partial charge in [0.15, 0.2) is 5.82 Å². The molecule has 0 spiro atoms. The summed E-state index contributed by atoms with van der Waals surface area (Å²) in [5.74, 6) is 1.17. The van der Waals surface area contributed by atoms with E-state index in [4.69, 9.17) is 9.72 Å². The van der Waals surface area contributed by atoms with Crippen LogP contribution in [-0.4, -0.2) is 71.5 Å². The minimum atomic E-state index is -0.820. The normalized spacial score (nSPS) is 16.1. The first-order valence-electron chi connectivity index (χ1n) is 12.7. The van der Waals surface area contributed by atoms with Crippen molar-refractivity contribution in [3.05, 3.63) is 59.7 Å². The Morgan fingerprint density at radius 3 is 2.58 bits per heavy atom. The van der Waals surface area contributed by atoms with Crippen molar-refractivity contribution in [1.29, 1.82) is 5.26 Å². The number of carbonyl (C=O) groups excluding carboxylic acids is 1. The molecule has 10 nitrogen and oxygen atoms in total. The van der Waals surface area contributed by atoms with Crippen LogP contribution in [0.1, 0.15) is 35.6 Å². The Morgan fingerprint density at radius 1 is 1.13 bits per heavy atom. The molecule has 1 amide bonds. The lowest BCUT2D eigenvalue weighted by molar-refractivity contribution is 0.102. The molecular weight excluding hydrogens is 482 g/mol. The monoisotopic (exact) mass is 513 g/mol. The van der Waals surface area contributed by atoms with Gasteiger partial charge >= 0.3 is 0 Å². The number of ether oxygens (including phenoxy) is 1. The molecule has 5 heterocycles. The second-order valence-electron chi connectivity index (χ2n) is 10.2. The number of anilines is 3. The molecule has 5 rings (SSSR count). The molecule has 2 N–H and O–H groups in total. The van der Waals surface area contributed by atoms with Crippen LogP contribution in [0.5, 0.6) is 0 Å². The van der Waals surface area contributed by atoms with Crippen LogP contribution >= 0.6 is 0 Å². The number of hydrogen-bond acceptors (Lipinski definition) is 9. The summed E-state index contributed by atoms with van der Waals surface area (Å²) in [5, 5.41) is 22.3. The minimum Gasteiger partial charge on any atom is -0.389 e. The van der Waals surface area contributed by atoms with E-state index in [1.165, 1.54) is 0 Å². The van der Waals surface area contributed by atoms with E-state index >= 15 is 0 Å². The predicted molar refractivity (Wildman–Crippen MR) is 144 cm³/mol. The number of rotatable bonds is 6. The lowest BCUT2D eigenvalue weighted by atomic mass is 9.90. The maximum Gasteiger partial charge on any atom is 0.255 e. The Hall–Kier alpha value is -4.07. The van der Waals surface area contributed by atoms with Crippen molar-refractivity contribution in [2.24, 2.45) is 0 Å². The maximum atomic E-state index is 13.4. The lowest BCUT2D eigenvalue weighted by Gasteiger charge is -2.37. The first-order chi connectivity index (χ1) is 18.2. The lowest BCUT2D eigenvalue weighted by Crippen LogP contribution is -2.51. The highest BCUT2D eigenvalue weighted by molar-refractivity contribution is 6.06. The fraction of sp³-hybridized carbons (Fsp3) is 0.393. The summed E-state index contributed by atoms with van der Waals surface area (Å²) in [7, 11) is 0. The summed E-state index contributed by atoms with van der Waals surface area (Å²) < 4.78 is 5.53. The number of aryl methyl sites for hydroxylation is 1. The van der Waals surface area contributed by atoms with Crippen molar-refractivity contribution in [2.75, 3.05) is 54.5 Å². The van der Waals surface area contributed by atoms with Crippen molar-refractivity contribution >= 4 is 23.2 Å². The Morgan fingerprint density at radius 2 is 1.87 bits per heavy atom. The molecule has 3 aromatic heterocycles. The first kappa shape index (κ1) is 25.6. The van der Waals surface area contributed by atoms with Crippen LogP contribution in [0.15, 0.2) is 42.7 Å². The highest BCUT2D eigenvalue weighted by atomic mass is 16.5. The smallest absolute Gasteiger partial charge is 0.255 e. The second-order valence-corrected chi connectivity index (χ2v) is 10.2. The zero-order chi connectivity index (χ0) is 26.9. The van der Waals surface area contributed by atoms with Crippen LogP contribution in [0.2, 0.25) is 0 Å². The average Bonchev–Trinajstić information content (AvgIpc) is 2.92. The van der Waals surface area contributed by atoms with Crippen LogP contribution in [0, 0.1) is 18.3 Å². The molecule has 196 valence electrons. The largest absolute Gasteiger partial charge is 0.389 e. The number of aliphatic hydroxyl groups is 1. The van der Waals surface area contributed by atoms with Gasteiger partial charge in [-0.1, -0.05) is 0 Å². The van der Waals surface area contributed by atoms with Gasteiger partial charge in [0.25, 0.3) is 5.91 Å². The van der Waals surface area contributed by atoms with E-state index < -0.39 is 5.41 Å². The fourth-order valence-electron chi connectivity index (χ4n) is 4.56. The molecule has 0 saturated carbocycles. The van der Waals surface area contributed by atoms with Gasteiger partial charge in [-0.25, -0.2) is 9.97 Å². The van der Waals surface area contributed by atoms with Crippen LogP contribution in [0.25, 0.3) is 11.1 Å². The number of β-amino-alcohol motifs (C(OH)–C–C–N with tert-alkyl or cyclic N) is 1. The average molecular weight is 514 g/mol. The molecule has 0 unspecified atom stereocenters. The molecule has 2 aliphatic rings. The zero-order valence-corrected chi connectivity index (χ0v) is 21.8. The Balaban J connectivity index is 1.51. The highest BCUT2D eigenvalue weighted by Crippen LogP contribution is 2.34. The van der Waals surface area contributed by atoms with Crippen molar-refractivity contribution in [3.63, 3.8) is 0 Å². The number of hydrogen-bond donors (Lipinski definition) is 2. The van der Waals surface area contributed by atoms with Crippen molar-refractivity contribution < 1.29 is 14.6 Å². The van der Waals surface area contributed by atoms with Gasteiger partial charge in [-0.05, 0) is 56.7 Å². The molecule has 0 aromatic carbocycles. The van der Waals surface area contributed by atoms with E-state index in [0.29, 0.717) is 62.2 Å². The zero-order valence-electron chi connectivity index (χ0n) is 21.8. The number of pyridine rings is 3. The quantitative estimate of drug-likeness (QED) is 0.511. The molecule has 2 fully saturated rings. The molecule has 10 heteroatoms. The third-order valence-corrected chi connectivity index (χ3v) is 6.94. The SMILES string of the molecule is Cc1nc(N2CCOCC2)c(NC(=O)c2ccnc(C(C)(C)C#N)c2)cc1-c1ccnc(N2CC(O)C2)c1. The molecule has 0 aliphatic carbocycles. The number of aromatic nitrogens is 3. The summed E-state index contributed by atoms with van der Waals surface area (Å²) in [6.45, 7) is 9.12. The summed E-state index contributed by atoms with van der Waals surface area (Å²) in [6, 6.07) is 11.4. The molecule has 0 atom stereocenters. The van der Waals surface area contributed by atoms with E-state index in [1.807, 2.05) is 30.0 Å². The van der Waals surface area contributed by atoms with Gasteiger partial charge in [0.05, 0.1) is 42.2 Å². The summed E-state index contributed by atoms with van der Waals surface area (Å²) >= 11 is 0. The molecule has 38 heavy (non-hydrogen) atoms. The number of nitrogens with zero attached hydrogens (tertiary/aromatic N) is 6. The number of morpholine rings is 1. The highest BCUT2D eigenvalue weighted by Gasteiger charge is 2.27. The molecule has 0 bridgehead atoms. The van der Waals surface area contributed by atoms with Gasteiger partial charge < -0.3 is 25.0 Å². The summed E-state index contributed by atoms with van der Waals surface area (Å²) in [6.07, 6.45) is 2.97. The predicted octanol–water partition coefficient (Wildman–Crippen LogP) is 2.92. The van der Waals surface area contributed by atoms with Gasteiger partial charge in [-0.15, -0.1) is 0 Å². The van der Waals surface area contributed by atoms with Crippen LogP contribution < -0.4 is 15.1 Å². The van der Waals surface area contributed by atoms with Gasteiger partial charge in [0, 0.05) is 55.4 Å². The molecule has 2 aliphatic heterocycles. The van der Waals surface area contributed by atoms with E-state index in [0.717, 1.165) is 22.6 Å². The summed E-state index contributed by atoms with van der Waals surface area (Å²) in [4.78, 5) is 31.3. The minimum absolute atomic E-state index is 0.307. The van der Waals surface area contributed by atoms with Crippen LogP contribution in [-0.2, 0) is 10.2 Å². The molecule has 2 saturated heterocycles. The van der Waals surface area contributed by atoms with E-state index in [9.17, 15) is 15.2 Å². The Kier molecular flexibility index (Phi) is 6.97. The van der Waals surface area contributed by atoms with Gasteiger partial charge in [0.2, 0.25) is 0 Å². The number of nitriles is 1. The number of amides is 1. The standard InChI is InChI=1S/C28H31N7O3/c1-18-22(19-4-7-31-25(13-19)35-15-21(36)16-35)14-23(26(32-18)34-8-10-38-11-9-34)33-27(37)20-5-6-30-24(12-20)28(2,3)17-29/h4-7,12-14,21,36H,8-11,15-16H2,1-3H3,(H,33,37). The van der Waals surface area contributed by atoms with Crippen molar-refractivity contribution in [1.82, 2.24) is 15.0 Å². The maximum absolute atomic E-state index is 13.4. The number of nitrogens with one attached hydrogen (secondary N) is 1. The van der Waals surface area contributed by atoms with Gasteiger partial charge in [-0.2, -0.15) is 5.26 Å². The fourth-order valence-corrected chi connectivity index (χ4v) is 4.56. The number of carbonyl (C=O) groups is 1. The Bertz CT molecular complexity index is 1390. The third kappa shape index (κ3) is 5.16.